The predicted octanol–water partition coefficient (Wildman–Crippen LogP) is 1.56. The summed E-state index contributed by atoms with van der Waals surface area (Å²) in [5, 5.41) is 15.6. The maximum atomic E-state index is 11.8. The minimum absolute atomic E-state index is 0.0835. The summed E-state index contributed by atoms with van der Waals surface area (Å²) in [5.41, 5.74) is -0.531. The number of aliphatic hydroxyl groups is 1. The standard InChI is InChI=1S/C17H26N2O3/c1-16(2,3)10-14(20)18-11-15(21)19-12-17(4,22)13-8-6-5-7-9-13/h5-9,22H,10-12H2,1-4H3,(H,18,20)(H,19,21). The van der Waals surface area contributed by atoms with Crippen LogP contribution in [0.4, 0.5) is 0 Å². The van der Waals surface area contributed by atoms with E-state index in [-0.39, 0.29) is 30.3 Å². The van der Waals surface area contributed by atoms with Crippen molar-refractivity contribution in [3.05, 3.63) is 35.9 Å². The van der Waals surface area contributed by atoms with Crippen LogP contribution in [-0.2, 0) is 15.2 Å². The Morgan fingerprint density at radius 3 is 2.14 bits per heavy atom. The summed E-state index contributed by atoms with van der Waals surface area (Å²) in [6.45, 7) is 7.53. The molecule has 2 amide bonds. The molecule has 1 aromatic rings. The molecule has 122 valence electrons. The van der Waals surface area contributed by atoms with Crippen LogP contribution in [0.1, 0.15) is 39.7 Å². The summed E-state index contributed by atoms with van der Waals surface area (Å²) < 4.78 is 0. The molecule has 0 heterocycles. The highest BCUT2D eigenvalue weighted by Crippen LogP contribution is 2.19. The van der Waals surface area contributed by atoms with Crippen molar-refractivity contribution in [3.8, 4) is 0 Å². The highest BCUT2D eigenvalue weighted by molar-refractivity contribution is 5.84. The Hall–Kier alpha value is -1.88. The Bertz CT molecular complexity index is 504. The zero-order chi connectivity index (χ0) is 16.8. The molecule has 22 heavy (non-hydrogen) atoms. The fourth-order valence-electron chi connectivity index (χ4n) is 1.96. The lowest BCUT2D eigenvalue weighted by Gasteiger charge is -2.24. The predicted molar refractivity (Wildman–Crippen MR) is 86.1 cm³/mol. The molecule has 1 rings (SSSR count). The highest BCUT2D eigenvalue weighted by Gasteiger charge is 2.23. The number of rotatable bonds is 6. The number of carbonyl (C=O) groups excluding carboxylic acids is 2. The molecule has 0 saturated heterocycles. The van der Waals surface area contributed by atoms with Crippen molar-refractivity contribution in [2.75, 3.05) is 13.1 Å². The van der Waals surface area contributed by atoms with Gasteiger partial charge in [0, 0.05) is 6.42 Å². The van der Waals surface area contributed by atoms with E-state index in [1.54, 1.807) is 19.1 Å². The Balaban J connectivity index is 2.39. The first kappa shape index (κ1) is 18.2. The van der Waals surface area contributed by atoms with E-state index in [1.807, 2.05) is 39.0 Å². The first-order valence-electron chi connectivity index (χ1n) is 7.41. The Morgan fingerprint density at radius 1 is 1.00 bits per heavy atom. The molecule has 5 nitrogen and oxygen atoms in total. The van der Waals surface area contributed by atoms with Crippen molar-refractivity contribution >= 4 is 11.8 Å². The summed E-state index contributed by atoms with van der Waals surface area (Å²) in [6.07, 6.45) is 0.363. The van der Waals surface area contributed by atoms with Gasteiger partial charge in [0.2, 0.25) is 11.8 Å². The van der Waals surface area contributed by atoms with E-state index in [4.69, 9.17) is 0 Å². The third kappa shape index (κ3) is 6.72. The van der Waals surface area contributed by atoms with Crippen molar-refractivity contribution in [1.82, 2.24) is 10.6 Å². The molecule has 0 saturated carbocycles. The zero-order valence-electron chi connectivity index (χ0n) is 13.8. The summed E-state index contributed by atoms with van der Waals surface area (Å²) in [6, 6.07) is 9.13. The largest absolute Gasteiger partial charge is 0.384 e. The van der Waals surface area contributed by atoms with Crippen molar-refractivity contribution in [3.63, 3.8) is 0 Å². The molecule has 0 radical (unpaired) electrons. The smallest absolute Gasteiger partial charge is 0.239 e. The van der Waals surface area contributed by atoms with Gasteiger partial charge in [-0.2, -0.15) is 0 Å². The van der Waals surface area contributed by atoms with Crippen LogP contribution >= 0.6 is 0 Å². The van der Waals surface area contributed by atoms with Gasteiger partial charge in [-0.3, -0.25) is 9.59 Å². The van der Waals surface area contributed by atoms with Gasteiger partial charge in [-0.1, -0.05) is 51.1 Å². The number of benzene rings is 1. The zero-order valence-corrected chi connectivity index (χ0v) is 13.8. The van der Waals surface area contributed by atoms with E-state index in [2.05, 4.69) is 10.6 Å². The summed E-state index contributed by atoms with van der Waals surface area (Å²) in [5.74, 6) is -0.476. The van der Waals surface area contributed by atoms with E-state index >= 15 is 0 Å². The summed E-state index contributed by atoms with van der Waals surface area (Å²) in [4.78, 5) is 23.4. The minimum atomic E-state index is -1.15. The molecular weight excluding hydrogens is 280 g/mol. The second-order valence-corrected chi connectivity index (χ2v) is 6.93. The number of amides is 2. The van der Waals surface area contributed by atoms with Gasteiger partial charge >= 0.3 is 0 Å². The van der Waals surface area contributed by atoms with Crippen LogP contribution in [-0.4, -0.2) is 30.0 Å². The highest BCUT2D eigenvalue weighted by atomic mass is 16.3. The summed E-state index contributed by atoms with van der Waals surface area (Å²) in [7, 11) is 0. The van der Waals surface area contributed by atoms with Crippen molar-refractivity contribution in [2.45, 2.75) is 39.7 Å². The monoisotopic (exact) mass is 306 g/mol. The van der Waals surface area contributed by atoms with Gasteiger partial charge < -0.3 is 15.7 Å². The Morgan fingerprint density at radius 2 is 1.59 bits per heavy atom. The van der Waals surface area contributed by atoms with Gasteiger partial charge in [0.1, 0.15) is 5.60 Å². The van der Waals surface area contributed by atoms with Gasteiger partial charge in [-0.25, -0.2) is 0 Å². The van der Waals surface area contributed by atoms with Crippen LogP contribution in [0.2, 0.25) is 0 Å². The summed E-state index contributed by atoms with van der Waals surface area (Å²) >= 11 is 0. The van der Waals surface area contributed by atoms with Crippen LogP contribution in [0.25, 0.3) is 0 Å². The van der Waals surface area contributed by atoms with Crippen molar-refractivity contribution < 1.29 is 14.7 Å². The van der Waals surface area contributed by atoms with Gasteiger partial charge in [0.15, 0.2) is 0 Å². The van der Waals surface area contributed by atoms with Crippen molar-refractivity contribution in [2.24, 2.45) is 5.41 Å². The van der Waals surface area contributed by atoms with Gasteiger partial charge in [-0.05, 0) is 17.9 Å². The molecule has 0 aliphatic rings. The number of hydrogen-bond donors (Lipinski definition) is 3. The third-order valence-corrected chi connectivity index (χ3v) is 3.16. The third-order valence-electron chi connectivity index (χ3n) is 3.16. The average molecular weight is 306 g/mol. The quantitative estimate of drug-likeness (QED) is 0.746. The Kier molecular flexibility index (Phi) is 6.11. The van der Waals surface area contributed by atoms with Gasteiger partial charge in [0.25, 0.3) is 0 Å². The van der Waals surface area contributed by atoms with Crippen LogP contribution < -0.4 is 10.6 Å². The lowest BCUT2D eigenvalue weighted by Crippen LogP contribution is -2.43. The van der Waals surface area contributed by atoms with Crippen LogP contribution in [0.3, 0.4) is 0 Å². The molecular formula is C17H26N2O3. The maximum absolute atomic E-state index is 11.8. The second kappa shape index (κ2) is 7.40. The van der Waals surface area contributed by atoms with E-state index < -0.39 is 5.60 Å². The molecule has 0 aromatic heterocycles. The maximum Gasteiger partial charge on any atom is 0.239 e. The van der Waals surface area contributed by atoms with Gasteiger partial charge in [-0.15, -0.1) is 0 Å². The topological polar surface area (TPSA) is 78.4 Å². The molecule has 0 fully saturated rings. The number of hydrogen-bond acceptors (Lipinski definition) is 3. The van der Waals surface area contributed by atoms with Crippen LogP contribution in [0, 0.1) is 5.41 Å². The lowest BCUT2D eigenvalue weighted by molar-refractivity contribution is -0.127. The van der Waals surface area contributed by atoms with Gasteiger partial charge in [0.05, 0.1) is 13.1 Å². The molecule has 1 aromatic carbocycles. The van der Waals surface area contributed by atoms with E-state index in [9.17, 15) is 14.7 Å². The molecule has 1 atom stereocenters. The fraction of sp³-hybridized carbons (Fsp3) is 0.529. The van der Waals surface area contributed by atoms with E-state index in [0.717, 1.165) is 5.56 Å². The van der Waals surface area contributed by atoms with Crippen LogP contribution in [0.5, 0.6) is 0 Å². The molecule has 0 aliphatic heterocycles. The van der Waals surface area contributed by atoms with Crippen LogP contribution in [0.15, 0.2) is 30.3 Å². The molecule has 3 N–H and O–H groups in total. The lowest BCUT2D eigenvalue weighted by atomic mass is 9.92. The first-order valence-corrected chi connectivity index (χ1v) is 7.41. The normalized spacial score (nSPS) is 14.0. The number of carbonyl (C=O) groups is 2. The first-order chi connectivity index (χ1) is 10.1. The molecule has 1 unspecified atom stereocenters. The molecule has 0 aliphatic carbocycles. The molecule has 0 bridgehead atoms. The van der Waals surface area contributed by atoms with E-state index in [1.165, 1.54) is 0 Å². The van der Waals surface area contributed by atoms with Crippen molar-refractivity contribution in [1.29, 1.82) is 0 Å². The molecule has 0 spiro atoms. The number of nitrogens with one attached hydrogen (secondary N) is 2. The SMILES string of the molecule is CC(C)(C)CC(=O)NCC(=O)NCC(C)(O)c1ccccc1. The second-order valence-electron chi connectivity index (χ2n) is 6.93. The minimum Gasteiger partial charge on any atom is -0.384 e. The Labute approximate surface area is 132 Å². The van der Waals surface area contributed by atoms with E-state index in [0.29, 0.717) is 6.42 Å². The molecule has 5 heteroatoms. The average Bonchev–Trinajstić information content (AvgIpc) is 2.42. The fourth-order valence-corrected chi connectivity index (χ4v) is 1.96.